The molecule has 1 atom stereocenters. The quantitative estimate of drug-likeness (QED) is 0.131. The molecule has 0 saturated heterocycles. The average molecular weight is 408 g/mol. The maximum absolute atomic E-state index is 9.39. The van der Waals surface area contributed by atoms with Gasteiger partial charge in [-0.3, -0.25) is 4.48 Å². The van der Waals surface area contributed by atoms with Crippen LogP contribution in [0.1, 0.15) is 117 Å². The van der Waals surface area contributed by atoms with Gasteiger partial charge in [0.05, 0.1) is 19.7 Å². The SMILES string of the molecule is CCCCCCCC/C=C/CCCCCCCCCC1=NCC[N+]1(CC)CCO. The molecule has 0 aromatic rings. The Kier molecular flexibility index (Phi) is 16.5. The molecule has 0 aromatic carbocycles. The summed E-state index contributed by atoms with van der Waals surface area (Å²) in [4.78, 5) is 4.76. The van der Waals surface area contributed by atoms with Crippen LogP contribution in [0, 0.1) is 0 Å². The summed E-state index contributed by atoms with van der Waals surface area (Å²) >= 11 is 0. The van der Waals surface area contributed by atoms with Gasteiger partial charge in [0.1, 0.15) is 13.1 Å². The molecule has 1 aliphatic rings. The maximum Gasteiger partial charge on any atom is 0.198 e. The highest BCUT2D eigenvalue weighted by Gasteiger charge is 2.35. The zero-order chi connectivity index (χ0) is 21.0. The number of hydrogen-bond acceptors (Lipinski definition) is 2. The van der Waals surface area contributed by atoms with E-state index in [9.17, 15) is 5.11 Å². The Balaban J connectivity index is 1.88. The van der Waals surface area contributed by atoms with Crippen molar-refractivity contribution in [3.8, 4) is 0 Å². The molecular formula is C26H51N2O+. The van der Waals surface area contributed by atoms with Crippen molar-refractivity contribution in [1.82, 2.24) is 0 Å². The van der Waals surface area contributed by atoms with Crippen molar-refractivity contribution in [2.24, 2.45) is 4.99 Å². The van der Waals surface area contributed by atoms with E-state index >= 15 is 0 Å². The number of aliphatic imine (C=N–C) groups is 1. The lowest BCUT2D eigenvalue weighted by molar-refractivity contribution is -0.835. The number of allylic oxidation sites excluding steroid dienone is 2. The second-order valence-corrected chi connectivity index (χ2v) is 8.97. The molecule has 0 aromatic heterocycles. The Morgan fingerprint density at radius 2 is 1.34 bits per heavy atom. The molecule has 29 heavy (non-hydrogen) atoms. The highest BCUT2D eigenvalue weighted by molar-refractivity contribution is 5.76. The third-order valence-corrected chi connectivity index (χ3v) is 6.67. The summed E-state index contributed by atoms with van der Waals surface area (Å²) in [6.07, 6.45) is 26.4. The zero-order valence-electron chi connectivity index (χ0n) is 19.8. The second-order valence-electron chi connectivity index (χ2n) is 8.97. The van der Waals surface area contributed by atoms with Gasteiger partial charge in [-0.15, -0.1) is 0 Å². The van der Waals surface area contributed by atoms with Crippen molar-refractivity contribution in [3.63, 3.8) is 0 Å². The Bertz CT molecular complexity index is 432. The summed E-state index contributed by atoms with van der Waals surface area (Å²) in [6, 6.07) is 0. The predicted octanol–water partition coefficient (Wildman–Crippen LogP) is 7.05. The fourth-order valence-corrected chi connectivity index (χ4v) is 4.60. The van der Waals surface area contributed by atoms with Crippen molar-refractivity contribution in [3.05, 3.63) is 12.2 Å². The van der Waals surface area contributed by atoms with Gasteiger partial charge in [-0.25, -0.2) is 4.99 Å². The third-order valence-electron chi connectivity index (χ3n) is 6.67. The summed E-state index contributed by atoms with van der Waals surface area (Å²) in [6.45, 7) is 8.78. The smallest absolute Gasteiger partial charge is 0.198 e. The number of unbranched alkanes of at least 4 members (excludes halogenated alkanes) is 13. The molecule has 3 nitrogen and oxygen atoms in total. The molecule has 1 heterocycles. The summed E-state index contributed by atoms with van der Waals surface area (Å²) in [5.74, 6) is 1.36. The number of rotatable bonds is 20. The lowest BCUT2D eigenvalue weighted by atomic mass is 10.1. The number of aliphatic hydroxyl groups is 1. The normalized spacial score (nSPS) is 19.3. The minimum absolute atomic E-state index is 0.279. The van der Waals surface area contributed by atoms with Gasteiger partial charge in [0.2, 0.25) is 0 Å². The van der Waals surface area contributed by atoms with Crippen molar-refractivity contribution < 1.29 is 9.59 Å². The van der Waals surface area contributed by atoms with Crippen LogP contribution < -0.4 is 0 Å². The van der Waals surface area contributed by atoms with E-state index in [2.05, 4.69) is 26.0 Å². The lowest BCUT2D eigenvalue weighted by Crippen LogP contribution is -2.52. The van der Waals surface area contributed by atoms with E-state index in [4.69, 9.17) is 4.99 Å². The number of quaternary nitrogens is 1. The highest BCUT2D eigenvalue weighted by Crippen LogP contribution is 2.20. The average Bonchev–Trinajstić information content (AvgIpc) is 3.13. The standard InChI is InChI=1S/C26H51N2O/c1-3-5-6-7-8-9-10-11-12-13-14-15-16-17-18-19-20-21-26-27-22-23-28(26,4-2)24-25-29/h11-12,29H,3-10,13-25H2,1-2H3/q+1/b12-11+. The van der Waals surface area contributed by atoms with Crippen molar-refractivity contribution in [1.29, 1.82) is 0 Å². The monoisotopic (exact) mass is 407 g/mol. The fourth-order valence-electron chi connectivity index (χ4n) is 4.60. The van der Waals surface area contributed by atoms with Crippen molar-refractivity contribution in [2.45, 2.75) is 117 Å². The Labute approximate surface area is 182 Å². The summed E-state index contributed by atoms with van der Waals surface area (Å²) in [5.41, 5.74) is 0. The highest BCUT2D eigenvalue weighted by atomic mass is 16.3. The van der Waals surface area contributed by atoms with Crippen LogP contribution in [0.25, 0.3) is 0 Å². The second kappa shape index (κ2) is 18.1. The first-order valence-corrected chi connectivity index (χ1v) is 12.9. The lowest BCUT2D eigenvalue weighted by Gasteiger charge is -2.33. The predicted molar refractivity (Wildman–Crippen MR) is 129 cm³/mol. The molecule has 1 N–H and O–H groups in total. The molecule has 0 saturated carbocycles. The molecule has 0 radical (unpaired) electrons. The van der Waals surface area contributed by atoms with Gasteiger partial charge in [-0.1, -0.05) is 83.3 Å². The van der Waals surface area contributed by atoms with Crippen LogP contribution in [0.5, 0.6) is 0 Å². The molecule has 3 heteroatoms. The first kappa shape index (κ1) is 26.4. The van der Waals surface area contributed by atoms with E-state index in [0.29, 0.717) is 0 Å². The van der Waals surface area contributed by atoms with Gasteiger partial charge >= 0.3 is 0 Å². The Hall–Kier alpha value is -0.670. The van der Waals surface area contributed by atoms with E-state index in [1.807, 2.05) is 0 Å². The molecule has 1 aliphatic heterocycles. The number of hydrogen-bond donors (Lipinski definition) is 1. The van der Waals surface area contributed by atoms with Crippen molar-refractivity contribution >= 4 is 5.84 Å². The Morgan fingerprint density at radius 3 is 1.90 bits per heavy atom. The van der Waals surface area contributed by atoms with Crippen LogP contribution in [-0.4, -0.2) is 48.2 Å². The number of nitrogens with zero attached hydrogens (tertiary/aromatic N) is 2. The molecule has 0 aliphatic carbocycles. The fraction of sp³-hybridized carbons (Fsp3) is 0.885. The minimum Gasteiger partial charge on any atom is -0.390 e. The van der Waals surface area contributed by atoms with Crippen LogP contribution in [0.2, 0.25) is 0 Å². The topological polar surface area (TPSA) is 32.6 Å². The summed E-state index contributed by atoms with van der Waals surface area (Å²) < 4.78 is 0.947. The molecule has 0 fully saturated rings. The van der Waals surface area contributed by atoms with Crippen LogP contribution in [-0.2, 0) is 0 Å². The largest absolute Gasteiger partial charge is 0.390 e. The zero-order valence-corrected chi connectivity index (χ0v) is 19.8. The number of amidine groups is 1. The van der Waals surface area contributed by atoms with Gasteiger partial charge < -0.3 is 5.11 Å². The molecule has 0 bridgehead atoms. The van der Waals surface area contributed by atoms with E-state index < -0.39 is 0 Å². The van der Waals surface area contributed by atoms with Crippen LogP contribution in [0.3, 0.4) is 0 Å². The van der Waals surface area contributed by atoms with E-state index in [1.165, 1.54) is 102 Å². The molecule has 170 valence electrons. The molecule has 1 rings (SSSR count). The van der Waals surface area contributed by atoms with E-state index in [1.54, 1.807) is 0 Å². The molecular weight excluding hydrogens is 356 g/mol. The van der Waals surface area contributed by atoms with Gasteiger partial charge in [0.15, 0.2) is 5.84 Å². The number of aliphatic hydroxyl groups excluding tert-OH is 1. The van der Waals surface area contributed by atoms with E-state index in [-0.39, 0.29) is 6.61 Å². The van der Waals surface area contributed by atoms with Crippen LogP contribution >= 0.6 is 0 Å². The maximum atomic E-state index is 9.39. The summed E-state index contributed by atoms with van der Waals surface area (Å²) in [5, 5.41) is 9.39. The number of likely N-dealkylation sites (N-methyl/N-ethyl adjacent to an activating group) is 1. The molecule has 0 spiro atoms. The Morgan fingerprint density at radius 1 is 0.793 bits per heavy atom. The van der Waals surface area contributed by atoms with Gasteiger partial charge in [0, 0.05) is 6.42 Å². The van der Waals surface area contributed by atoms with E-state index in [0.717, 1.165) is 37.1 Å². The molecule has 1 unspecified atom stereocenters. The third kappa shape index (κ3) is 11.9. The van der Waals surface area contributed by atoms with Gasteiger partial charge in [-0.05, 0) is 39.0 Å². The van der Waals surface area contributed by atoms with Gasteiger partial charge in [-0.2, -0.15) is 0 Å². The van der Waals surface area contributed by atoms with Crippen LogP contribution in [0.15, 0.2) is 17.1 Å². The van der Waals surface area contributed by atoms with Crippen LogP contribution in [0.4, 0.5) is 0 Å². The summed E-state index contributed by atoms with van der Waals surface area (Å²) in [7, 11) is 0. The first-order chi connectivity index (χ1) is 14.3. The molecule has 0 amide bonds. The van der Waals surface area contributed by atoms with Crippen molar-refractivity contribution in [2.75, 3.05) is 32.8 Å². The minimum atomic E-state index is 0.279. The van der Waals surface area contributed by atoms with Gasteiger partial charge in [0.25, 0.3) is 0 Å². The first-order valence-electron chi connectivity index (χ1n) is 12.9.